The molecule has 3 rings (SSSR count). The van der Waals surface area contributed by atoms with Gasteiger partial charge in [0.05, 0.1) is 18.2 Å². The smallest absolute Gasteiger partial charge is 0.113 e. The van der Waals surface area contributed by atoms with Crippen molar-refractivity contribution in [3.8, 4) is 0 Å². The van der Waals surface area contributed by atoms with Crippen molar-refractivity contribution in [1.82, 2.24) is 15.0 Å². The monoisotopic (exact) mass is 267 g/mol. The van der Waals surface area contributed by atoms with Gasteiger partial charge in [0, 0.05) is 11.1 Å². The van der Waals surface area contributed by atoms with E-state index in [9.17, 15) is 0 Å². The fourth-order valence-electron chi connectivity index (χ4n) is 1.89. The highest BCUT2D eigenvalue weighted by molar-refractivity contribution is 9.10. The van der Waals surface area contributed by atoms with Crippen molar-refractivity contribution in [2.24, 2.45) is 0 Å². The van der Waals surface area contributed by atoms with E-state index >= 15 is 0 Å². The van der Waals surface area contributed by atoms with Crippen LogP contribution in [0.25, 0.3) is 11.0 Å². The molecule has 2 aromatic rings. The van der Waals surface area contributed by atoms with E-state index in [1.807, 2.05) is 22.9 Å². The summed E-state index contributed by atoms with van der Waals surface area (Å²) in [5, 5.41) is 8.33. The molecule has 0 bridgehead atoms. The Morgan fingerprint density at radius 3 is 3.20 bits per heavy atom. The lowest BCUT2D eigenvalue weighted by atomic mass is 10.2. The van der Waals surface area contributed by atoms with E-state index in [-0.39, 0.29) is 0 Å². The summed E-state index contributed by atoms with van der Waals surface area (Å²) in [6.45, 7) is 1.56. The number of hydrogen-bond donors (Lipinski definition) is 0. The second-order valence-electron chi connectivity index (χ2n) is 3.68. The van der Waals surface area contributed by atoms with Crippen LogP contribution in [0, 0.1) is 0 Å². The van der Waals surface area contributed by atoms with Crippen LogP contribution in [-0.2, 0) is 4.74 Å². The van der Waals surface area contributed by atoms with Gasteiger partial charge in [-0.25, -0.2) is 4.68 Å². The first-order valence-electron chi connectivity index (χ1n) is 4.93. The van der Waals surface area contributed by atoms with Crippen LogP contribution in [0.15, 0.2) is 22.7 Å². The molecule has 2 heterocycles. The average molecular weight is 268 g/mol. The highest BCUT2D eigenvalue weighted by Crippen LogP contribution is 2.24. The molecular formula is C10H10BrN3O. The largest absolute Gasteiger partial charge is 0.379 e. The zero-order chi connectivity index (χ0) is 10.3. The molecule has 0 saturated carbocycles. The maximum absolute atomic E-state index is 5.36. The van der Waals surface area contributed by atoms with Crippen molar-refractivity contribution in [1.29, 1.82) is 0 Å². The second-order valence-corrected chi connectivity index (χ2v) is 4.60. The molecule has 4 nitrogen and oxygen atoms in total. The van der Waals surface area contributed by atoms with Gasteiger partial charge in [-0.1, -0.05) is 21.1 Å². The molecule has 5 heteroatoms. The predicted octanol–water partition coefficient (Wildman–Crippen LogP) is 2.16. The summed E-state index contributed by atoms with van der Waals surface area (Å²) in [4.78, 5) is 0. The lowest BCUT2D eigenvalue weighted by Crippen LogP contribution is -2.10. The lowest BCUT2D eigenvalue weighted by molar-refractivity contribution is 0.185. The molecule has 15 heavy (non-hydrogen) atoms. The predicted molar refractivity (Wildman–Crippen MR) is 59.7 cm³/mol. The standard InChI is InChI=1S/C10H10BrN3O/c11-7-1-2-9-10(5-7)14(13-12-9)8-3-4-15-6-8/h1-2,5,8H,3-4,6H2. The van der Waals surface area contributed by atoms with Crippen molar-refractivity contribution in [2.75, 3.05) is 13.2 Å². The van der Waals surface area contributed by atoms with Gasteiger partial charge in [0.2, 0.25) is 0 Å². The minimum atomic E-state index is 0.337. The van der Waals surface area contributed by atoms with Gasteiger partial charge in [-0.15, -0.1) is 5.10 Å². The van der Waals surface area contributed by atoms with Crippen molar-refractivity contribution >= 4 is 27.0 Å². The molecule has 0 N–H and O–H groups in total. The Hall–Kier alpha value is -0.940. The summed E-state index contributed by atoms with van der Waals surface area (Å²) >= 11 is 3.46. The SMILES string of the molecule is Brc1ccc2nnn(C3CCOC3)c2c1. The Bertz CT molecular complexity index is 490. The molecular weight excluding hydrogens is 258 g/mol. The van der Waals surface area contributed by atoms with E-state index in [2.05, 4.69) is 26.2 Å². The number of ether oxygens (including phenoxy) is 1. The van der Waals surface area contributed by atoms with Gasteiger partial charge in [0.1, 0.15) is 5.52 Å². The Morgan fingerprint density at radius 2 is 2.40 bits per heavy atom. The second kappa shape index (κ2) is 3.57. The van der Waals surface area contributed by atoms with Gasteiger partial charge in [-0.05, 0) is 24.6 Å². The average Bonchev–Trinajstić information content (AvgIpc) is 2.83. The number of aromatic nitrogens is 3. The number of nitrogens with zero attached hydrogens (tertiary/aromatic N) is 3. The molecule has 1 unspecified atom stereocenters. The Kier molecular flexibility index (Phi) is 2.21. The van der Waals surface area contributed by atoms with Crippen molar-refractivity contribution < 1.29 is 4.74 Å². The Labute approximate surface area is 95.3 Å². The van der Waals surface area contributed by atoms with Gasteiger partial charge >= 0.3 is 0 Å². The highest BCUT2D eigenvalue weighted by atomic mass is 79.9. The molecule has 1 atom stereocenters. The van der Waals surface area contributed by atoms with Gasteiger partial charge in [0.25, 0.3) is 0 Å². The molecule has 78 valence electrons. The Balaban J connectivity index is 2.13. The number of halogens is 1. The molecule has 0 radical (unpaired) electrons. The van der Waals surface area contributed by atoms with Crippen molar-refractivity contribution in [2.45, 2.75) is 12.5 Å². The summed E-state index contributed by atoms with van der Waals surface area (Å²) in [6.07, 6.45) is 1.02. The zero-order valence-electron chi connectivity index (χ0n) is 8.06. The fraction of sp³-hybridized carbons (Fsp3) is 0.400. The van der Waals surface area contributed by atoms with Crippen LogP contribution in [0.3, 0.4) is 0 Å². The van der Waals surface area contributed by atoms with Gasteiger partial charge in [-0.3, -0.25) is 0 Å². The van der Waals surface area contributed by atoms with Crippen LogP contribution in [-0.4, -0.2) is 28.2 Å². The number of rotatable bonds is 1. The van der Waals surface area contributed by atoms with E-state index in [1.54, 1.807) is 0 Å². The number of fused-ring (bicyclic) bond motifs is 1. The minimum Gasteiger partial charge on any atom is -0.379 e. The maximum Gasteiger partial charge on any atom is 0.113 e. The molecule has 0 aliphatic carbocycles. The third-order valence-corrected chi connectivity index (χ3v) is 3.18. The minimum absolute atomic E-state index is 0.337. The highest BCUT2D eigenvalue weighted by Gasteiger charge is 2.20. The third-order valence-electron chi connectivity index (χ3n) is 2.68. The van der Waals surface area contributed by atoms with Crippen molar-refractivity contribution in [3.05, 3.63) is 22.7 Å². The topological polar surface area (TPSA) is 39.9 Å². The molecule has 0 spiro atoms. The third kappa shape index (κ3) is 1.55. The molecule has 1 aromatic heterocycles. The number of benzene rings is 1. The van der Waals surface area contributed by atoms with E-state index in [4.69, 9.17) is 4.74 Å². The zero-order valence-corrected chi connectivity index (χ0v) is 9.64. The maximum atomic E-state index is 5.36. The first-order valence-corrected chi connectivity index (χ1v) is 5.72. The molecule has 1 fully saturated rings. The van der Waals surface area contributed by atoms with Crippen LogP contribution in [0.1, 0.15) is 12.5 Å². The van der Waals surface area contributed by atoms with Crippen LogP contribution >= 0.6 is 15.9 Å². The fourth-order valence-corrected chi connectivity index (χ4v) is 2.24. The van der Waals surface area contributed by atoms with Gasteiger partial charge < -0.3 is 4.74 Å². The van der Waals surface area contributed by atoms with Gasteiger partial charge in [-0.2, -0.15) is 0 Å². The molecule has 1 aliphatic heterocycles. The molecule has 1 saturated heterocycles. The van der Waals surface area contributed by atoms with E-state index in [0.717, 1.165) is 35.1 Å². The van der Waals surface area contributed by atoms with Crippen molar-refractivity contribution in [3.63, 3.8) is 0 Å². The summed E-state index contributed by atoms with van der Waals surface area (Å²) < 4.78 is 8.38. The van der Waals surface area contributed by atoms with Crippen LogP contribution in [0.5, 0.6) is 0 Å². The molecule has 0 amide bonds. The first-order chi connectivity index (χ1) is 7.34. The lowest BCUT2D eigenvalue weighted by Gasteiger charge is -2.07. The Morgan fingerprint density at radius 1 is 1.47 bits per heavy atom. The van der Waals surface area contributed by atoms with E-state index in [1.165, 1.54) is 0 Å². The number of hydrogen-bond acceptors (Lipinski definition) is 3. The van der Waals surface area contributed by atoms with Crippen LogP contribution in [0.2, 0.25) is 0 Å². The molecule has 1 aromatic carbocycles. The van der Waals surface area contributed by atoms with Gasteiger partial charge in [0.15, 0.2) is 0 Å². The summed E-state index contributed by atoms with van der Waals surface area (Å²) in [5.74, 6) is 0. The van der Waals surface area contributed by atoms with Crippen LogP contribution in [0.4, 0.5) is 0 Å². The van der Waals surface area contributed by atoms with Crippen LogP contribution < -0.4 is 0 Å². The summed E-state index contributed by atoms with van der Waals surface area (Å²) in [5.41, 5.74) is 2.00. The first kappa shape index (κ1) is 9.30. The quantitative estimate of drug-likeness (QED) is 0.795. The van der Waals surface area contributed by atoms with E-state index in [0.29, 0.717) is 6.04 Å². The normalized spacial score (nSPS) is 21.3. The van der Waals surface area contributed by atoms with E-state index < -0.39 is 0 Å². The molecule has 1 aliphatic rings. The summed E-state index contributed by atoms with van der Waals surface area (Å²) in [6, 6.07) is 6.34. The summed E-state index contributed by atoms with van der Waals surface area (Å²) in [7, 11) is 0.